The van der Waals surface area contributed by atoms with Gasteiger partial charge in [0.25, 0.3) is 11.8 Å². The van der Waals surface area contributed by atoms with Crippen molar-refractivity contribution in [1.29, 1.82) is 0 Å². The third-order valence-corrected chi connectivity index (χ3v) is 6.94. The lowest BCUT2D eigenvalue weighted by Crippen LogP contribution is -2.50. The molecular formula is C28H30FN4O3+. The van der Waals surface area contributed by atoms with Gasteiger partial charge in [0.15, 0.2) is 0 Å². The number of benzene rings is 1. The summed E-state index contributed by atoms with van der Waals surface area (Å²) in [6.45, 7) is 1.93. The van der Waals surface area contributed by atoms with Gasteiger partial charge in [-0.05, 0) is 68.1 Å². The lowest BCUT2D eigenvalue weighted by atomic mass is 9.89. The van der Waals surface area contributed by atoms with E-state index in [9.17, 15) is 14.0 Å². The Bertz CT molecular complexity index is 1230. The van der Waals surface area contributed by atoms with Gasteiger partial charge >= 0.3 is 12.0 Å². The summed E-state index contributed by atoms with van der Waals surface area (Å²) in [6.07, 6.45) is 5.21. The van der Waals surface area contributed by atoms with Gasteiger partial charge in [0.1, 0.15) is 12.6 Å². The van der Waals surface area contributed by atoms with E-state index in [-0.39, 0.29) is 24.2 Å². The summed E-state index contributed by atoms with van der Waals surface area (Å²) in [5, 5.41) is 5.60. The standard InChI is InChI=1S/C28H29FN4O3/c1-17-21(8-5-15-30-17)22-13-14-23(31-26(22)29)32-27(34)25(24(19-9-10-19)20-11-12-20)33-28(35)36-16-18-6-3-2-4-7-18/h2-8,13-15,19-20,24-25H,9-12,16H2,1H3,(H,33,35)(H,31,32,34)/p+1/t25-/m0/s1. The third-order valence-electron chi connectivity index (χ3n) is 6.94. The van der Waals surface area contributed by atoms with E-state index in [1.54, 1.807) is 30.5 Å². The molecule has 7 nitrogen and oxygen atoms in total. The number of anilines is 1. The predicted octanol–water partition coefficient (Wildman–Crippen LogP) is 4.68. The van der Waals surface area contributed by atoms with Crippen LogP contribution in [-0.4, -0.2) is 23.0 Å². The lowest BCUT2D eigenvalue weighted by molar-refractivity contribution is -0.404. The van der Waals surface area contributed by atoms with Crippen LogP contribution in [0.1, 0.15) is 36.9 Å². The highest BCUT2D eigenvalue weighted by molar-refractivity contribution is 5.95. The van der Waals surface area contributed by atoms with Crippen LogP contribution in [0.4, 0.5) is 15.0 Å². The zero-order valence-corrected chi connectivity index (χ0v) is 20.2. The first-order valence-electron chi connectivity index (χ1n) is 12.4. The number of halogens is 1. The van der Waals surface area contributed by atoms with E-state index >= 15 is 0 Å². The number of nitrogens with zero attached hydrogens (tertiary/aromatic N) is 1. The molecule has 3 N–H and O–H groups in total. The van der Waals surface area contributed by atoms with Crippen LogP contribution in [0, 0.1) is 30.6 Å². The smallest absolute Gasteiger partial charge is 0.408 e. The summed E-state index contributed by atoms with van der Waals surface area (Å²) >= 11 is 0. The molecule has 2 aliphatic carbocycles. The SMILES string of the molecule is Cc1ncccc1-c1ccc(NC(=O)[C@@H](NC(=O)OCc2ccccc2)C(C2CC2)C2CC2)[nH+]c1F. The van der Waals surface area contributed by atoms with Crippen molar-refractivity contribution in [2.24, 2.45) is 17.8 Å². The quantitative estimate of drug-likeness (QED) is 0.427. The van der Waals surface area contributed by atoms with E-state index in [1.807, 2.05) is 37.3 Å². The molecule has 0 spiro atoms. The van der Waals surface area contributed by atoms with Gasteiger partial charge < -0.3 is 10.1 Å². The fraction of sp³-hybridized carbons (Fsp3) is 0.357. The maximum absolute atomic E-state index is 14.9. The van der Waals surface area contributed by atoms with E-state index in [0.29, 0.717) is 28.7 Å². The summed E-state index contributed by atoms with van der Waals surface area (Å²) in [7, 11) is 0. The van der Waals surface area contributed by atoms with Gasteiger partial charge in [0, 0.05) is 23.5 Å². The minimum atomic E-state index is -0.759. The molecule has 2 aliphatic rings. The molecule has 0 unspecified atom stereocenters. The molecule has 2 fully saturated rings. The minimum Gasteiger partial charge on any atom is -0.445 e. The van der Waals surface area contributed by atoms with Crippen molar-refractivity contribution in [2.45, 2.75) is 45.3 Å². The Hall–Kier alpha value is -3.81. The van der Waals surface area contributed by atoms with Crippen LogP contribution < -0.4 is 15.6 Å². The summed E-state index contributed by atoms with van der Waals surface area (Å²) in [5.41, 5.74) is 2.61. The van der Waals surface area contributed by atoms with Gasteiger partial charge in [-0.1, -0.05) is 36.4 Å². The Morgan fingerprint density at radius 3 is 2.39 bits per heavy atom. The van der Waals surface area contributed by atoms with Gasteiger partial charge in [-0.3, -0.25) is 4.98 Å². The molecule has 2 amide bonds. The zero-order chi connectivity index (χ0) is 25.1. The highest BCUT2D eigenvalue weighted by Gasteiger charge is 2.49. The number of carbonyl (C=O) groups is 2. The second-order valence-corrected chi connectivity index (χ2v) is 9.66. The van der Waals surface area contributed by atoms with E-state index in [4.69, 9.17) is 4.74 Å². The largest absolute Gasteiger partial charge is 0.445 e. The summed E-state index contributed by atoms with van der Waals surface area (Å²) < 4.78 is 20.4. The average molecular weight is 490 g/mol. The second kappa shape index (κ2) is 10.4. The number of aromatic nitrogens is 2. The number of rotatable bonds is 9. The molecule has 0 radical (unpaired) electrons. The third kappa shape index (κ3) is 5.70. The number of pyridine rings is 2. The molecule has 3 aromatic rings. The van der Waals surface area contributed by atoms with Gasteiger partial charge in [0.05, 0.1) is 5.56 Å². The van der Waals surface area contributed by atoms with Crippen LogP contribution in [-0.2, 0) is 16.1 Å². The molecule has 1 aromatic carbocycles. The number of hydrogen-bond acceptors (Lipinski definition) is 4. The maximum Gasteiger partial charge on any atom is 0.408 e. The topological polar surface area (TPSA) is 94.5 Å². The van der Waals surface area contributed by atoms with E-state index < -0.39 is 18.1 Å². The maximum atomic E-state index is 14.9. The Labute approximate surface area is 209 Å². The molecule has 2 aromatic heterocycles. The lowest BCUT2D eigenvalue weighted by Gasteiger charge is -2.25. The van der Waals surface area contributed by atoms with Gasteiger partial charge in [-0.2, -0.15) is 4.39 Å². The number of ether oxygens (including phenoxy) is 1. The second-order valence-electron chi connectivity index (χ2n) is 9.66. The molecule has 2 saturated carbocycles. The summed E-state index contributed by atoms with van der Waals surface area (Å²) in [5.74, 6) is 0.112. The van der Waals surface area contributed by atoms with Crippen LogP contribution in [0.2, 0.25) is 0 Å². The monoisotopic (exact) mass is 489 g/mol. The molecule has 0 bridgehead atoms. The van der Waals surface area contributed by atoms with Crippen molar-refractivity contribution < 1.29 is 23.7 Å². The zero-order valence-electron chi connectivity index (χ0n) is 20.2. The molecule has 186 valence electrons. The molecule has 0 aliphatic heterocycles. The van der Waals surface area contributed by atoms with Crippen LogP contribution in [0.25, 0.3) is 11.1 Å². The number of hydrogen-bond donors (Lipinski definition) is 2. The number of amides is 2. The highest BCUT2D eigenvalue weighted by Crippen LogP contribution is 2.50. The Kier molecular flexibility index (Phi) is 6.93. The van der Waals surface area contributed by atoms with Crippen molar-refractivity contribution in [1.82, 2.24) is 10.3 Å². The van der Waals surface area contributed by atoms with Crippen molar-refractivity contribution >= 4 is 17.8 Å². The first kappa shape index (κ1) is 23.9. The first-order chi connectivity index (χ1) is 17.5. The van der Waals surface area contributed by atoms with Crippen molar-refractivity contribution in [3.8, 4) is 11.1 Å². The van der Waals surface area contributed by atoms with Gasteiger partial charge in [0.2, 0.25) is 0 Å². The molecular weight excluding hydrogens is 459 g/mol. The van der Waals surface area contributed by atoms with Crippen LogP contribution in [0.15, 0.2) is 60.8 Å². The predicted molar refractivity (Wildman–Crippen MR) is 132 cm³/mol. The first-order valence-corrected chi connectivity index (χ1v) is 12.4. The normalized spacial score (nSPS) is 15.9. The fourth-order valence-electron chi connectivity index (χ4n) is 4.85. The Morgan fingerprint density at radius 2 is 1.75 bits per heavy atom. The van der Waals surface area contributed by atoms with Crippen molar-refractivity contribution in [3.63, 3.8) is 0 Å². The Balaban J connectivity index is 1.30. The molecule has 36 heavy (non-hydrogen) atoms. The summed E-state index contributed by atoms with van der Waals surface area (Å²) in [6, 6.07) is 15.4. The number of carbonyl (C=O) groups excluding carboxylic acids is 2. The molecule has 1 atom stereocenters. The fourth-order valence-corrected chi connectivity index (χ4v) is 4.85. The number of alkyl carbamates (subject to hydrolysis) is 1. The molecule has 5 rings (SSSR count). The van der Waals surface area contributed by atoms with Crippen molar-refractivity contribution in [2.75, 3.05) is 5.32 Å². The molecule has 2 heterocycles. The molecule has 8 heteroatoms. The summed E-state index contributed by atoms with van der Waals surface area (Å²) in [4.78, 5) is 32.9. The van der Waals surface area contributed by atoms with Crippen LogP contribution in [0.5, 0.6) is 0 Å². The minimum absolute atomic E-state index is 0.0384. The number of aromatic amines is 1. The highest BCUT2D eigenvalue weighted by atomic mass is 19.1. The Morgan fingerprint density at radius 1 is 1.03 bits per heavy atom. The van der Waals surface area contributed by atoms with Crippen LogP contribution in [0.3, 0.4) is 0 Å². The van der Waals surface area contributed by atoms with E-state index in [1.165, 1.54) is 0 Å². The number of aryl methyl sites for hydroxylation is 1. The van der Waals surface area contributed by atoms with E-state index in [2.05, 4.69) is 20.6 Å². The van der Waals surface area contributed by atoms with E-state index in [0.717, 1.165) is 31.2 Å². The van der Waals surface area contributed by atoms with Crippen LogP contribution >= 0.6 is 0 Å². The molecule has 0 saturated heterocycles. The van der Waals surface area contributed by atoms with Gasteiger partial charge in [-0.15, -0.1) is 0 Å². The van der Waals surface area contributed by atoms with Crippen molar-refractivity contribution in [3.05, 3.63) is 78.0 Å². The number of H-pyrrole nitrogens is 1. The van der Waals surface area contributed by atoms with Gasteiger partial charge in [-0.25, -0.2) is 19.9 Å². The average Bonchev–Trinajstić information content (AvgIpc) is 3.79. The number of nitrogens with one attached hydrogen (secondary N) is 3.